The van der Waals surface area contributed by atoms with Gasteiger partial charge >= 0.3 is 0 Å². The largest absolute Gasteiger partial charge is 0.286 e. The number of rotatable bonds is 5. The van der Waals surface area contributed by atoms with E-state index in [1.807, 2.05) is 27.7 Å². The lowest BCUT2D eigenvalue weighted by atomic mass is 10.0. The molecule has 0 aromatic rings. The third-order valence-electron chi connectivity index (χ3n) is 2.02. The Morgan fingerprint density at radius 2 is 1.79 bits per heavy atom. The second-order valence-corrected chi connectivity index (χ2v) is 3.58. The van der Waals surface area contributed by atoms with Crippen LogP contribution in [0.15, 0.2) is 23.8 Å². The average Bonchev–Trinajstić information content (AvgIpc) is 2.13. The molecule has 0 unspecified atom stereocenters. The maximum absolute atomic E-state index is 11.3. The molecule has 0 aromatic heterocycles. The highest BCUT2D eigenvalue weighted by atomic mass is 16.2. The average molecular weight is 194 g/mol. The fraction of sp³-hybridized carbons (Fsp3) is 0.500. The highest BCUT2D eigenvalue weighted by Crippen LogP contribution is 2.07. The second kappa shape index (κ2) is 6.30. The highest BCUT2D eigenvalue weighted by molar-refractivity contribution is 6.45. The van der Waals surface area contributed by atoms with Crippen molar-refractivity contribution in [2.24, 2.45) is 5.92 Å². The Balaban J connectivity index is 4.42. The Hall–Kier alpha value is -1.18. The quantitative estimate of drug-likeness (QED) is 0.498. The van der Waals surface area contributed by atoms with Crippen LogP contribution in [-0.4, -0.2) is 11.6 Å². The molecule has 0 radical (unpaired) electrons. The van der Waals surface area contributed by atoms with E-state index in [0.717, 1.165) is 12.0 Å². The predicted molar refractivity (Wildman–Crippen MR) is 58.0 cm³/mol. The van der Waals surface area contributed by atoms with Crippen molar-refractivity contribution in [3.63, 3.8) is 0 Å². The van der Waals surface area contributed by atoms with E-state index in [1.54, 1.807) is 6.08 Å². The lowest BCUT2D eigenvalue weighted by Gasteiger charge is -2.02. The molecule has 0 aromatic carbocycles. The van der Waals surface area contributed by atoms with Crippen molar-refractivity contribution >= 4 is 11.6 Å². The summed E-state index contributed by atoms with van der Waals surface area (Å²) in [7, 11) is 0. The molecule has 78 valence electrons. The summed E-state index contributed by atoms with van der Waals surface area (Å²) in [5.41, 5.74) is 0.938. The maximum Gasteiger partial charge on any atom is 0.225 e. The molecule has 0 fully saturated rings. The van der Waals surface area contributed by atoms with E-state index < -0.39 is 11.6 Å². The van der Waals surface area contributed by atoms with E-state index >= 15 is 0 Å². The van der Waals surface area contributed by atoms with Crippen molar-refractivity contribution in [3.05, 3.63) is 23.8 Å². The van der Waals surface area contributed by atoms with Crippen LogP contribution in [0.2, 0.25) is 0 Å². The first-order valence-electron chi connectivity index (χ1n) is 4.92. The molecule has 0 aliphatic carbocycles. The highest BCUT2D eigenvalue weighted by Gasteiger charge is 2.08. The lowest BCUT2D eigenvalue weighted by molar-refractivity contribution is -0.130. The van der Waals surface area contributed by atoms with Gasteiger partial charge in [-0.15, -0.1) is 0 Å². The van der Waals surface area contributed by atoms with E-state index in [4.69, 9.17) is 0 Å². The molecule has 0 amide bonds. The third kappa shape index (κ3) is 4.75. The van der Waals surface area contributed by atoms with Gasteiger partial charge in [-0.3, -0.25) is 9.59 Å². The fourth-order valence-corrected chi connectivity index (χ4v) is 0.752. The Labute approximate surface area is 85.7 Å². The van der Waals surface area contributed by atoms with Crippen molar-refractivity contribution in [1.82, 2.24) is 0 Å². The normalized spacial score (nSPS) is 12.5. The summed E-state index contributed by atoms with van der Waals surface area (Å²) in [6.45, 7) is 7.76. The molecule has 0 rings (SSSR count). The summed E-state index contributed by atoms with van der Waals surface area (Å²) in [6, 6.07) is 0. The lowest BCUT2D eigenvalue weighted by Crippen LogP contribution is -2.08. The minimum atomic E-state index is -0.438. The maximum atomic E-state index is 11.3. The van der Waals surface area contributed by atoms with Crippen molar-refractivity contribution in [2.45, 2.75) is 34.1 Å². The van der Waals surface area contributed by atoms with Gasteiger partial charge in [0.25, 0.3) is 0 Å². The number of hydrogen-bond acceptors (Lipinski definition) is 2. The zero-order chi connectivity index (χ0) is 11.1. The monoisotopic (exact) mass is 194 g/mol. The summed E-state index contributed by atoms with van der Waals surface area (Å²) in [5.74, 6) is -0.561. The number of carbonyl (C=O) groups is 2. The molecule has 0 spiro atoms. The molecule has 0 bridgehead atoms. The Kier molecular flexibility index (Phi) is 5.77. The van der Waals surface area contributed by atoms with Gasteiger partial charge < -0.3 is 0 Å². The number of ketones is 2. The molecule has 0 N–H and O–H groups in total. The summed E-state index contributed by atoms with van der Waals surface area (Å²) in [6.07, 6.45) is 5.23. The Morgan fingerprint density at radius 3 is 2.21 bits per heavy atom. The first kappa shape index (κ1) is 12.8. The van der Waals surface area contributed by atoms with Crippen LogP contribution in [0, 0.1) is 5.92 Å². The predicted octanol–water partition coefficient (Wildman–Crippen LogP) is 2.69. The Bertz CT molecular complexity index is 270. The molecule has 0 heterocycles. The van der Waals surface area contributed by atoms with Crippen molar-refractivity contribution < 1.29 is 9.59 Å². The van der Waals surface area contributed by atoms with Gasteiger partial charge in [-0.05, 0) is 31.4 Å². The van der Waals surface area contributed by atoms with E-state index in [9.17, 15) is 9.59 Å². The van der Waals surface area contributed by atoms with E-state index in [0.29, 0.717) is 5.92 Å². The zero-order valence-electron chi connectivity index (χ0n) is 9.33. The van der Waals surface area contributed by atoms with Crippen molar-refractivity contribution in [3.8, 4) is 0 Å². The molecule has 0 saturated heterocycles. The van der Waals surface area contributed by atoms with Gasteiger partial charge in [0.15, 0.2) is 0 Å². The molecule has 2 heteroatoms. The van der Waals surface area contributed by atoms with E-state index in [-0.39, 0.29) is 0 Å². The van der Waals surface area contributed by atoms with Crippen molar-refractivity contribution in [2.75, 3.05) is 0 Å². The van der Waals surface area contributed by atoms with E-state index in [2.05, 4.69) is 0 Å². The molecule has 0 atom stereocenters. The zero-order valence-corrected chi connectivity index (χ0v) is 9.33. The summed E-state index contributed by atoms with van der Waals surface area (Å²) in [5, 5.41) is 0. The van der Waals surface area contributed by atoms with Crippen LogP contribution in [0.25, 0.3) is 0 Å². The standard InChI is InChI=1S/C12H18O2/c1-5-6-7-11(13)12(14)8-10(4)9(2)3/h6-9H,5H2,1-4H3/b7-6-,10-8+. The van der Waals surface area contributed by atoms with Crippen LogP contribution >= 0.6 is 0 Å². The molecule has 0 aliphatic rings. The van der Waals surface area contributed by atoms with Crippen LogP contribution in [0.4, 0.5) is 0 Å². The summed E-state index contributed by atoms with van der Waals surface area (Å²) >= 11 is 0. The minimum absolute atomic E-state index is 0.307. The topological polar surface area (TPSA) is 34.1 Å². The van der Waals surface area contributed by atoms with Gasteiger partial charge in [0, 0.05) is 0 Å². The second-order valence-electron chi connectivity index (χ2n) is 3.58. The summed E-state index contributed by atoms with van der Waals surface area (Å²) in [4.78, 5) is 22.5. The van der Waals surface area contributed by atoms with Gasteiger partial charge in [0.2, 0.25) is 11.6 Å². The first-order valence-corrected chi connectivity index (χ1v) is 4.92. The molecule has 2 nitrogen and oxygen atoms in total. The van der Waals surface area contributed by atoms with Gasteiger partial charge in [0.05, 0.1) is 0 Å². The number of allylic oxidation sites excluding steroid dienone is 4. The Morgan fingerprint density at radius 1 is 1.21 bits per heavy atom. The molecular formula is C12H18O2. The van der Waals surface area contributed by atoms with Crippen LogP contribution in [0.1, 0.15) is 34.1 Å². The SMILES string of the molecule is CC/C=C\C(=O)C(=O)/C=C(\C)C(C)C. The minimum Gasteiger partial charge on any atom is -0.286 e. The van der Waals surface area contributed by atoms with E-state index in [1.165, 1.54) is 12.2 Å². The van der Waals surface area contributed by atoms with Crippen LogP contribution in [0.5, 0.6) is 0 Å². The molecule has 14 heavy (non-hydrogen) atoms. The first-order chi connectivity index (χ1) is 6.49. The molecular weight excluding hydrogens is 176 g/mol. The molecule has 0 saturated carbocycles. The van der Waals surface area contributed by atoms with Crippen LogP contribution in [-0.2, 0) is 9.59 Å². The van der Waals surface area contributed by atoms with Gasteiger partial charge in [0.1, 0.15) is 0 Å². The summed E-state index contributed by atoms with van der Waals surface area (Å²) < 4.78 is 0. The number of hydrogen-bond donors (Lipinski definition) is 0. The smallest absolute Gasteiger partial charge is 0.225 e. The number of carbonyl (C=O) groups excluding carboxylic acids is 2. The van der Waals surface area contributed by atoms with Crippen molar-refractivity contribution in [1.29, 1.82) is 0 Å². The van der Waals surface area contributed by atoms with Crippen LogP contribution < -0.4 is 0 Å². The van der Waals surface area contributed by atoms with Crippen LogP contribution in [0.3, 0.4) is 0 Å². The van der Waals surface area contributed by atoms with Gasteiger partial charge in [-0.1, -0.05) is 32.4 Å². The fourth-order valence-electron chi connectivity index (χ4n) is 0.752. The van der Waals surface area contributed by atoms with Gasteiger partial charge in [-0.2, -0.15) is 0 Å². The van der Waals surface area contributed by atoms with Gasteiger partial charge in [-0.25, -0.2) is 0 Å². The molecule has 0 aliphatic heterocycles. The third-order valence-corrected chi connectivity index (χ3v) is 2.02.